The summed E-state index contributed by atoms with van der Waals surface area (Å²) in [6, 6.07) is 5.40. The third-order valence-corrected chi connectivity index (χ3v) is 6.42. The molecule has 1 spiro atoms. The van der Waals surface area contributed by atoms with Crippen LogP contribution < -0.4 is 19.7 Å². The van der Waals surface area contributed by atoms with E-state index >= 15 is 0 Å². The van der Waals surface area contributed by atoms with Crippen LogP contribution in [0.25, 0.3) is 0 Å². The lowest BCUT2D eigenvalue weighted by atomic mass is 9.77. The number of aromatic nitrogens is 1. The predicted octanol–water partition coefficient (Wildman–Crippen LogP) is 1.80. The number of anilines is 2. The van der Waals surface area contributed by atoms with Gasteiger partial charge in [0, 0.05) is 23.3 Å². The van der Waals surface area contributed by atoms with Crippen LogP contribution in [0.4, 0.5) is 10.8 Å². The zero-order chi connectivity index (χ0) is 18.9. The summed E-state index contributed by atoms with van der Waals surface area (Å²) >= 11 is 1.34. The maximum atomic E-state index is 13.3. The molecule has 2 aromatic rings. The Kier molecular flexibility index (Phi) is 3.19. The van der Waals surface area contributed by atoms with Gasteiger partial charge in [0.2, 0.25) is 18.6 Å². The van der Waals surface area contributed by atoms with E-state index in [9.17, 15) is 9.59 Å². The molecule has 2 bridgehead atoms. The fourth-order valence-electron chi connectivity index (χ4n) is 4.54. The van der Waals surface area contributed by atoms with Gasteiger partial charge in [0.15, 0.2) is 16.6 Å². The third-order valence-electron chi connectivity index (χ3n) is 5.73. The molecule has 1 aromatic heterocycles. The first-order valence-electron chi connectivity index (χ1n) is 8.93. The summed E-state index contributed by atoms with van der Waals surface area (Å²) in [4.78, 5) is 32.0. The fraction of sp³-hybridized carbons (Fsp3) is 0.316. The Labute approximate surface area is 163 Å². The Morgan fingerprint density at radius 1 is 1.32 bits per heavy atom. The summed E-state index contributed by atoms with van der Waals surface area (Å²) in [6.07, 6.45) is 5.05. The van der Waals surface area contributed by atoms with Crippen molar-refractivity contribution in [1.82, 2.24) is 4.98 Å². The second kappa shape index (κ2) is 5.55. The number of ether oxygens (including phenoxy) is 3. The molecule has 4 aliphatic heterocycles. The highest BCUT2D eigenvalue weighted by Gasteiger charge is 2.67. The van der Waals surface area contributed by atoms with Crippen molar-refractivity contribution in [2.24, 2.45) is 11.8 Å². The summed E-state index contributed by atoms with van der Waals surface area (Å²) in [5.41, 5.74) is -0.0687. The molecule has 8 nitrogen and oxygen atoms in total. The molecule has 28 heavy (non-hydrogen) atoms. The van der Waals surface area contributed by atoms with E-state index in [0.29, 0.717) is 28.9 Å². The summed E-state index contributed by atoms with van der Waals surface area (Å²) in [7, 11) is 0. The number of rotatable bonds is 3. The van der Waals surface area contributed by atoms with Gasteiger partial charge in [0.05, 0.1) is 24.5 Å². The van der Waals surface area contributed by atoms with Crippen LogP contribution in [0.2, 0.25) is 0 Å². The van der Waals surface area contributed by atoms with E-state index in [1.807, 2.05) is 18.2 Å². The number of hydrogen-bond acceptors (Lipinski definition) is 7. The van der Waals surface area contributed by atoms with Crippen LogP contribution in [0.1, 0.15) is 0 Å². The minimum Gasteiger partial charge on any atom is -0.454 e. The van der Waals surface area contributed by atoms with E-state index in [1.165, 1.54) is 11.3 Å². The molecule has 0 radical (unpaired) electrons. The smallest absolute Gasteiger partial charge is 0.234 e. The van der Waals surface area contributed by atoms with Crippen molar-refractivity contribution in [3.8, 4) is 11.5 Å². The Morgan fingerprint density at radius 3 is 3.07 bits per heavy atom. The third kappa shape index (κ3) is 2.11. The molecule has 2 saturated heterocycles. The second-order valence-electron chi connectivity index (χ2n) is 7.19. The van der Waals surface area contributed by atoms with E-state index in [4.69, 9.17) is 14.2 Å². The minimum atomic E-state index is -0.775. The second-order valence-corrected chi connectivity index (χ2v) is 8.08. The number of thiazole rings is 1. The van der Waals surface area contributed by atoms with E-state index in [0.717, 1.165) is 0 Å². The summed E-state index contributed by atoms with van der Waals surface area (Å²) in [5, 5.41) is 5.12. The van der Waals surface area contributed by atoms with Crippen LogP contribution in [0.15, 0.2) is 41.9 Å². The van der Waals surface area contributed by atoms with E-state index in [-0.39, 0.29) is 18.6 Å². The van der Waals surface area contributed by atoms with Gasteiger partial charge in [-0.2, -0.15) is 0 Å². The highest BCUT2D eigenvalue weighted by molar-refractivity contribution is 7.13. The molecule has 1 N–H and O–H groups in total. The zero-order valence-electron chi connectivity index (χ0n) is 14.5. The number of carbonyl (C=O) groups excluding carboxylic acids is 2. The summed E-state index contributed by atoms with van der Waals surface area (Å²) in [5.74, 6) is -0.236. The van der Waals surface area contributed by atoms with Crippen LogP contribution in [0.3, 0.4) is 0 Å². The van der Waals surface area contributed by atoms with Crippen LogP contribution in [0, 0.1) is 11.8 Å². The average Bonchev–Trinajstić information content (AvgIpc) is 3.49. The standard InChI is InChI=1S/C19H15N3O5S/c23-16(21-18-20-5-6-28-18)14-12-3-4-19(27-12)8-22(17(24)15(14)19)10-1-2-11-13(7-10)26-9-25-11/h1-7,12,14-15H,8-9H2,(H,20,21,23)/t12-,14?,15?,19-/m1/s1. The average molecular weight is 397 g/mol. The van der Waals surface area contributed by atoms with Gasteiger partial charge in [-0.1, -0.05) is 12.2 Å². The quantitative estimate of drug-likeness (QED) is 0.795. The number of nitrogens with zero attached hydrogens (tertiary/aromatic N) is 2. The van der Waals surface area contributed by atoms with Crippen molar-refractivity contribution >= 4 is 34.0 Å². The Morgan fingerprint density at radius 2 is 2.21 bits per heavy atom. The zero-order valence-corrected chi connectivity index (χ0v) is 15.3. The molecule has 4 aliphatic rings. The van der Waals surface area contributed by atoms with Crippen molar-refractivity contribution in [3.63, 3.8) is 0 Å². The molecule has 9 heteroatoms. The van der Waals surface area contributed by atoms with Crippen LogP contribution in [0.5, 0.6) is 11.5 Å². The van der Waals surface area contributed by atoms with Crippen LogP contribution in [-0.4, -0.2) is 41.8 Å². The van der Waals surface area contributed by atoms with Crippen LogP contribution in [-0.2, 0) is 14.3 Å². The molecule has 0 saturated carbocycles. The number of fused-ring (bicyclic) bond motifs is 2. The molecule has 2 unspecified atom stereocenters. The van der Waals surface area contributed by atoms with Gasteiger partial charge >= 0.3 is 0 Å². The number of hydrogen-bond donors (Lipinski definition) is 1. The number of amides is 2. The lowest BCUT2D eigenvalue weighted by Gasteiger charge is -2.22. The van der Waals surface area contributed by atoms with Crippen molar-refractivity contribution in [2.45, 2.75) is 11.7 Å². The van der Waals surface area contributed by atoms with E-state index < -0.39 is 23.5 Å². The minimum absolute atomic E-state index is 0.120. The maximum Gasteiger partial charge on any atom is 0.234 e. The molecule has 2 amide bonds. The van der Waals surface area contributed by atoms with Gasteiger partial charge in [-0.25, -0.2) is 4.98 Å². The van der Waals surface area contributed by atoms with Gasteiger partial charge in [-0.15, -0.1) is 11.3 Å². The number of carbonyl (C=O) groups is 2. The molecule has 1 aromatic carbocycles. The molecular weight excluding hydrogens is 382 g/mol. The van der Waals surface area contributed by atoms with Gasteiger partial charge in [-0.3, -0.25) is 9.59 Å². The molecular formula is C19H15N3O5S. The van der Waals surface area contributed by atoms with Crippen molar-refractivity contribution in [1.29, 1.82) is 0 Å². The Hall–Kier alpha value is -2.91. The van der Waals surface area contributed by atoms with Crippen molar-refractivity contribution in [2.75, 3.05) is 23.6 Å². The largest absolute Gasteiger partial charge is 0.454 e. The lowest BCUT2D eigenvalue weighted by Crippen LogP contribution is -2.41. The fourth-order valence-corrected chi connectivity index (χ4v) is 5.08. The number of benzene rings is 1. The monoisotopic (exact) mass is 397 g/mol. The maximum absolute atomic E-state index is 13.3. The first-order valence-corrected chi connectivity index (χ1v) is 9.81. The predicted molar refractivity (Wildman–Crippen MR) is 99.4 cm³/mol. The van der Waals surface area contributed by atoms with Gasteiger partial charge < -0.3 is 24.4 Å². The lowest BCUT2D eigenvalue weighted by molar-refractivity contribution is -0.128. The highest BCUT2D eigenvalue weighted by Crippen LogP contribution is 2.53. The van der Waals surface area contributed by atoms with E-state index in [1.54, 1.807) is 28.6 Å². The topological polar surface area (TPSA) is 90.0 Å². The van der Waals surface area contributed by atoms with Gasteiger partial charge in [-0.05, 0) is 12.1 Å². The van der Waals surface area contributed by atoms with Crippen LogP contribution >= 0.6 is 11.3 Å². The molecule has 5 heterocycles. The highest BCUT2D eigenvalue weighted by atomic mass is 32.1. The summed E-state index contributed by atoms with van der Waals surface area (Å²) in [6.45, 7) is 0.538. The molecule has 2 fully saturated rings. The van der Waals surface area contributed by atoms with Gasteiger partial charge in [0.25, 0.3) is 0 Å². The Bertz CT molecular complexity index is 1020. The molecule has 6 rings (SSSR count). The molecule has 142 valence electrons. The first-order chi connectivity index (χ1) is 13.6. The van der Waals surface area contributed by atoms with Crippen molar-refractivity contribution in [3.05, 3.63) is 41.9 Å². The van der Waals surface area contributed by atoms with E-state index in [2.05, 4.69) is 10.3 Å². The molecule has 4 atom stereocenters. The first kappa shape index (κ1) is 16.1. The number of nitrogens with one attached hydrogen (secondary N) is 1. The normalized spacial score (nSPS) is 31.5. The molecule has 0 aliphatic carbocycles. The SMILES string of the molecule is O=C(Nc1nccs1)C1C2C(=O)N(c3ccc4c(c3)OCO4)C[C@]23C=C[C@H]1O3. The van der Waals surface area contributed by atoms with Crippen molar-refractivity contribution < 1.29 is 23.8 Å². The Balaban J connectivity index is 1.32. The van der Waals surface area contributed by atoms with Gasteiger partial charge in [0.1, 0.15) is 5.60 Å². The summed E-state index contributed by atoms with van der Waals surface area (Å²) < 4.78 is 16.9.